The molecule has 0 aliphatic heterocycles. The van der Waals surface area contributed by atoms with Gasteiger partial charge in [-0.1, -0.05) is 6.92 Å². The molecule has 1 aromatic rings. The van der Waals surface area contributed by atoms with E-state index in [1.54, 1.807) is 6.07 Å². The van der Waals surface area contributed by atoms with E-state index in [4.69, 9.17) is 0 Å². The molecule has 1 unspecified atom stereocenters. The van der Waals surface area contributed by atoms with Gasteiger partial charge in [0.25, 0.3) is 0 Å². The molecular formula is C12H19N3O3S. The lowest BCUT2D eigenvalue weighted by Crippen LogP contribution is -2.41. The molecule has 0 radical (unpaired) electrons. The fraction of sp³-hybridized carbons (Fsp3) is 0.500. The smallest absolute Gasteiger partial charge is 0.244 e. The quantitative estimate of drug-likeness (QED) is 0.831. The van der Waals surface area contributed by atoms with Crippen LogP contribution in [0.15, 0.2) is 29.4 Å². The minimum absolute atomic E-state index is 0.0296. The van der Waals surface area contributed by atoms with Crippen molar-refractivity contribution in [3.63, 3.8) is 0 Å². The van der Waals surface area contributed by atoms with Crippen LogP contribution in [-0.2, 0) is 14.8 Å². The van der Waals surface area contributed by atoms with Crippen LogP contribution >= 0.6 is 0 Å². The molecule has 1 amide bonds. The molecule has 7 heteroatoms. The fourth-order valence-corrected chi connectivity index (χ4v) is 2.48. The van der Waals surface area contributed by atoms with Gasteiger partial charge in [-0.3, -0.25) is 9.78 Å². The number of hydrogen-bond donors (Lipinski definition) is 1. The Kier molecular flexibility index (Phi) is 5.44. The first-order chi connectivity index (χ1) is 8.87. The Hall–Kier alpha value is -1.47. The predicted molar refractivity (Wildman–Crippen MR) is 71.9 cm³/mol. The molecule has 0 fully saturated rings. The molecule has 0 spiro atoms. The number of nitrogens with one attached hydrogen (secondary N) is 1. The lowest BCUT2D eigenvalue weighted by Gasteiger charge is -2.18. The van der Waals surface area contributed by atoms with Gasteiger partial charge in [0.2, 0.25) is 15.9 Å². The van der Waals surface area contributed by atoms with E-state index < -0.39 is 10.0 Å². The number of sulfonamides is 1. The third-order valence-electron chi connectivity index (χ3n) is 2.73. The van der Waals surface area contributed by atoms with Gasteiger partial charge >= 0.3 is 0 Å². The summed E-state index contributed by atoms with van der Waals surface area (Å²) in [7, 11) is -2.29. The van der Waals surface area contributed by atoms with Crippen molar-refractivity contribution in [3.8, 4) is 0 Å². The number of pyridine rings is 1. The van der Waals surface area contributed by atoms with Crippen molar-refractivity contribution in [1.29, 1.82) is 0 Å². The second-order valence-electron chi connectivity index (χ2n) is 4.33. The third-order valence-corrected chi connectivity index (χ3v) is 4.52. The second kappa shape index (κ2) is 6.63. The number of carbonyl (C=O) groups excluding carboxylic acids is 1. The molecule has 0 aliphatic carbocycles. The predicted octanol–water partition coefficient (Wildman–Crippen LogP) is 0.617. The number of rotatable bonds is 6. The van der Waals surface area contributed by atoms with E-state index in [1.807, 2.05) is 13.8 Å². The van der Waals surface area contributed by atoms with Crippen molar-refractivity contribution in [3.05, 3.63) is 24.5 Å². The number of nitrogens with zero attached hydrogens (tertiary/aromatic N) is 2. The van der Waals surface area contributed by atoms with E-state index in [9.17, 15) is 13.2 Å². The highest BCUT2D eigenvalue weighted by Crippen LogP contribution is 2.11. The minimum Gasteiger partial charge on any atom is -0.353 e. The van der Waals surface area contributed by atoms with Crippen LogP contribution in [0.4, 0.5) is 0 Å². The molecule has 106 valence electrons. The number of carbonyl (C=O) groups is 1. The van der Waals surface area contributed by atoms with Crippen LogP contribution in [0.25, 0.3) is 0 Å². The summed E-state index contributed by atoms with van der Waals surface area (Å²) in [5.41, 5.74) is 0. The summed E-state index contributed by atoms with van der Waals surface area (Å²) in [6.07, 6.45) is 3.55. The van der Waals surface area contributed by atoms with Gasteiger partial charge < -0.3 is 5.32 Å². The molecule has 0 saturated heterocycles. The second-order valence-corrected chi connectivity index (χ2v) is 6.37. The SMILES string of the molecule is CCC(C)NC(=O)CN(C)S(=O)(=O)c1cccnc1. The standard InChI is InChI=1S/C12H19N3O3S/c1-4-10(2)14-12(16)9-15(3)19(17,18)11-6-5-7-13-8-11/h5-8,10H,4,9H2,1-3H3,(H,14,16). The van der Waals surface area contributed by atoms with E-state index in [0.717, 1.165) is 10.7 Å². The molecule has 1 rings (SSSR count). The Morgan fingerprint density at radius 3 is 2.74 bits per heavy atom. The highest BCUT2D eigenvalue weighted by molar-refractivity contribution is 7.89. The zero-order valence-electron chi connectivity index (χ0n) is 11.3. The Morgan fingerprint density at radius 1 is 1.53 bits per heavy atom. The molecule has 1 atom stereocenters. The lowest BCUT2D eigenvalue weighted by atomic mass is 10.2. The molecule has 0 aromatic carbocycles. The number of likely N-dealkylation sites (N-methyl/N-ethyl adjacent to an activating group) is 1. The first-order valence-electron chi connectivity index (χ1n) is 6.03. The number of hydrogen-bond acceptors (Lipinski definition) is 4. The molecule has 0 aliphatic rings. The van der Waals surface area contributed by atoms with Crippen LogP contribution in [0.3, 0.4) is 0 Å². The van der Waals surface area contributed by atoms with Crippen LogP contribution in [0.1, 0.15) is 20.3 Å². The third kappa shape index (κ3) is 4.29. The Balaban J connectivity index is 2.73. The van der Waals surface area contributed by atoms with Gasteiger partial charge in [-0.05, 0) is 25.5 Å². The van der Waals surface area contributed by atoms with Crippen LogP contribution < -0.4 is 5.32 Å². The van der Waals surface area contributed by atoms with Gasteiger partial charge in [0.05, 0.1) is 6.54 Å². The van der Waals surface area contributed by atoms with E-state index in [0.29, 0.717) is 0 Å². The molecule has 0 saturated carbocycles. The normalized spacial score (nSPS) is 13.3. The maximum Gasteiger partial charge on any atom is 0.244 e. The van der Waals surface area contributed by atoms with Crippen LogP contribution in [0.2, 0.25) is 0 Å². The van der Waals surface area contributed by atoms with E-state index in [2.05, 4.69) is 10.3 Å². The zero-order chi connectivity index (χ0) is 14.5. The van der Waals surface area contributed by atoms with Crippen LogP contribution in [0, 0.1) is 0 Å². The molecule has 1 aromatic heterocycles. The van der Waals surface area contributed by atoms with Crippen LogP contribution in [-0.4, -0.2) is 43.2 Å². The monoisotopic (exact) mass is 285 g/mol. The molecule has 0 bridgehead atoms. The average Bonchev–Trinajstić information content (AvgIpc) is 2.39. The van der Waals surface area contributed by atoms with Crippen molar-refractivity contribution in [1.82, 2.24) is 14.6 Å². The summed E-state index contributed by atoms with van der Waals surface area (Å²) in [5, 5.41) is 2.72. The molecule has 1 N–H and O–H groups in total. The van der Waals surface area contributed by atoms with Gasteiger partial charge in [0, 0.05) is 25.5 Å². The summed E-state index contributed by atoms with van der Waals surface area (Å²) in [6, 6.07) is 3.02. The van der Waals surface area contributed by atoms with Gasteiger partial charge in [0.1, 0.15) is 4.90 Å². The van der Waals surface area contributed by atoms with Crippen molar-refractivity contribution in [2.75, 3.05) is 13.6 Å². The summed E-state index contributed by atoms with van der Waals surface area (Å²) in [4.78, 5) is 15.5. The summed E-state index contributed by atoms with van der Waals surface area (Å²) >= 11 is 0. The average molecular weight is 285 g/mol. The molecular weight excluding hydrogens is 266 g/mol. The van der Waals surface area contributed by atoms with Crippen molar-refractivity contribution in [2.24, 2.45) is 0 Å². The maximum atomic E-state index is 12.1. The highest BCUT2D eigenvalue weighted by atomic mass is 32.2. The molecule has 6 nitrogen and oxygen atoms in total. The topological polar surface area (TPSA) is 79.4 Å². The summed E-state index contributed by atoms with van der Waals surface area (Å²) in [6.45, 7) is 3.61. The highest BCUT2D eigenvalue weighted by Gasteiger charge is 2.23. The lowest BCUT2D eigenvalue weighted by molar-refractivity contribution is -0.121. The van der Waals surface area contributed by atoms with Crippen molar-refractivity contribution in [2.45, 2.75) is 31.2 Å². The molecule has 1 heterocycles. The van der Waals surface area contributed by atoms with Gasteiger partial charge in [0.15, 0.2) is 0 Å². The molecule has 19 heavy (non-hydrogen) atoms. The van der Waals surface area contributed by atoms with Crippen molar-refractivity contribution >= 4 is 15.9 Å². The van der Waals surface area contributed by atoms with Gasteiger partial charge in [-0.15, -0.1) is 0 Å². The van der Waals surface area contributed by atoms with Gasteiger partial charge in [-0.25, -0.2) is 8.42 Å². The van der Waals surface area contributed by atoms with E-state index in [-0.39, 0.29) is 23.4 Å². The Morgan fingerprint density at radius 2 is 2.21 bits per heavy atom. The summed E-state index contributed by atoms with van der Waals surface area (Å²) < 4.78 is 25.3. The number of aromatic nitrogens is 1. The first-order valence-corrected chi connectivity index (χ1v) is 7.47. The fourth-order valence-electron chi connectivity index (χ4n) is 1.39. The largest absolute Gasteiger partial charge is 0.353 e. The summed E-state index contributed by atoms with van der Waals surface area (Å²) in [5.74, 6) is -0.315. The van der Waals surface area contributed by atoms with Crippen molar-refractivity contribution < 1.29 is 13.2 Å². The maximum absolute atomic E-state index is 12.1. The number of amides is 1. The van der Waals surface area contributed by atoms with E-state index in [1.165, 1.54) is 25.5 Å². The van der Waals surface area contributed by atoms with E-state index >= 15 is 0 Å². The van der Waals surface area contributed by atoms with Gasteiger partial charge in [-0.2, -0.15) is 4.31 Å². The zero-order valence-corrected chi connectivity index (χ0v) is 12.1. The minimum atomic E-state index is -3.67. The Labute approximate surface area is 113 Å². The van der Waals surface area contributed by atoms with Crippen LogP contribution in [0.5, 0.6) is 0 Å². The Bertz CT molecular complexity index is 516. The first kappa shape index (κ1) is 15.6.